The Balaban J connectivity index is 2.04. The number of ether oxygens (including phenoxy) is 3. The standard InChI is InChI=1S/C16H23N3O6/c1-15(2,3)25-14(20)18-12(10-24-16(18,4)5)9-23-13-7-6-11(8-17-13)19(21)22/h6-8,12H,9-10H2,1-5H3/t12-/m0/s1. The Morgan fingerprint density at radius 2 is 2.16 bits per heavy atom. The molecule has 138 valence electrons. The van der Waals surface area contributed by atoms with Crippen LogP contribution < -0.4 is 4.74 Å². The molecule has 0 radical (unpaired) electrons. The van der Waals surface area contributed by atoms with E-state index in [0.717, 1.165) is 6.20 Å². The van der Waals surface area contributed by atoms with E-state index < -0.39 is 22.3 Å². The molecule has 1 aromatic heterocycles. The molecule has 0 aliphatic carbocycles. The lowest BCUT2D eigenvalue weighted by Gasteiger charge is -2.34. The van der Waals surface area contributed by atoms with Crippen molar-refractivity contribution in [1.29, 1.82) is 0 Å². The zero-order valence-corrected chi connectivity index (χ0v) is 15.0. The molecule has 9 heteroatoms. The Morgan fingerprint density at radius 3 is 2.68 bits per heavy atom. The Labute approximate surface area is 146 Å². The fraction of sp³-hybridized carbons (Fsp3) is 0.625. The second kappa shape index (κ2) is 6.83. The third-order valence-electron chi connectivity index (χ3n) is 3.52. The summed E-state index contributed by atoms with van der Waals surface area (Å²) >= 11 is 0. The first kappa shape index (κ1) is 18.9. The number of nitro groups is 1. The lowest BCUT2D eigenvalue weighted by Crippen LogP contribution is -2.51. The lowest BCUT2D eigenvalue weighted by atomic mass is 10.2. The van der Waals surface area contributed by atoms with Gasteiger partial charge in [-0.3, -0.25) is 15.0 Å². The number of carbonyl (C=O) groups is 1. The van der Waals surface area contributed by atoms with E-state index in [0.29, 0.717) is 6.61 Å². The predicted molar refractivity (Wildman–Crippen MR) is 88.3 cm³/mol. The lowest BCUT2D eigenvalue weighted by molar-refractivity contribution is -0.385. The molecule has 1 amide bonds. The molecule has 0 spiro atoms. The Bertz CT molecular complexity index is 638. The summed E-state index contributed by atoms with van der Waals surface area (Å²) in [6.45, 7) is 9.36. The van der Waals surface area contributed by atoms with Gasteiger partial charge in [-0.2, -0.15) is 0 Å². The molecule has 1 aliphatic heterocycles. The topological polar surface area (TPSA) is 104 Å². The largest absolute Gasteiger partial charge is 0.475 e. The van der Waals surface area contributed by atoms with Gasteiger partial charge in [0.1, 0.15) is 24.1 Å². The van der Waals surface area contributed by atoms with Gasteiger partial charge in [0.05, 0.1) is 17.6 Å². The van der Waals surface area contributed by atoms with Crippen molar-refractivity contribution < 1.29 is 23.9 Å². The first-order chi connectivity index (χ1) is 11.5. The van der Waals surface area contributed by atoms with Gasteiger partial charge in [-0.15, -0.1) is 0 Å². The zero-order valence-electron chi connectivity index (χ0n) is 15.0. The maximum Gasteiger partial charge on any atom is 0.413 e. The Morgan fingerprint density at radius 1 is 1.48 bits per heavy atom. The molecular formula is C16H23N3O6. The Hall–Kier alpha value is -2.42. The van der Waals surface area contributed by atoms with Gasteiger partial charge in [-0.1, -0.05) is 0 Å². The number of hydrogen-bond donors (Lipinski definition) is 0. The van der Waals surface area contributed by atoms with Crippen LogP contribution in [-0.4, -0.2) is 51.5 Å². The Kier molecular flexibility index (Phi) is 5.17. The van der Waals surface area contributed by atoms with Crippen molar-refractivity contribution in [2.24, 2.45) is 0 Å². The average molecular weight is 353 g/mol. The van der Waals surface area contributed by atoms with Gasteiger partial charge in [0, 0.05) is 12.1 Å². The van der Waals surface area contributed by atoms with Gasteiger partial charge in [-0.25, -0.2) is 9.78 Å². The summed E-state index contributed by atoms with van der Waals surface area (Å²) in [7, 11) is 0. The number of carbonyl (C=O) groups excluding carboxylic acids is 1. The van der Waals surface area contributed by atoms with Gasteiger partial charge in [0.25, 0.3) is 5.69 Å². The van der Waals surface area contributed by atoms with Crippen molar-refractivity contribution in [1.82, 2.24) is 9.88 Å². The highest BCUT2D eigenvalue weighted by Crippen LogP contribution is 2.29. The molecule has 9 nitrogen and oxygen atoms in total. The summed E-state index contributed by atoms with van der Waals surface area (Å²) in [5.74, 6) is 0.236. The van der Waals surface area contributed by atoms with E-state index in [4.69, 9.17) is 14.2 Å². The van der Waals surface area contributed by atoms with Crippen molar-refractivity contribution in [3.8, 4) is 5.88 Å². The number of hydrogen-bond acceptors (Lipinski definition) is 7. The predicted octanol–water partition coefficient (Wildman–Crippen LogP) is 2.74. The molecule has 0 N–H and O–H groups in total. The van der Waals surface area contributed by atoms with Crippen LogP contribution >= 0.6 is 0 Å². The highest BCUT2D eigenvalue weighted by atomic mass is 16.6. The maximum atomic E-state index is 12.5. The van der Waals surface area contributed by atoms with Gasteiger partial charge < -0.3 is 14.2 Å². The minimum atomic E-state index is -0.820. The van der Waals surface area contributed by atoms with E-state index >= 15 is 0 Å². The van der Waals surface area contributed by atoms with Crippen molar-refractivity contribution >= 4 is 11.8 Å². The summed E-state index contributed by atoms with van der Waals surface area (Å²) < 4.78 is 16.7. The molecule has 0 unspecified atom stereocenters. The van der Waals surface area contributed by atoms with Gasteiger partial charge in [0.15, 0.2) is 0 Å². The summed E-state index contributed by atoms with van der Waals surface area (Å²) in [4.78, 5) is 28.0. The minimum Gasteiger partial charge on any atom is -0.475 e. The van der Waals surface area contributed by atoms with Crippen LogP contribution in [0.4, 0.5) is 10.5 Å². The van der Waals surface area contributed by atoms with Gasteiger partial charge >= 0.3 is 6.09 Å². The summed E-state index contributed by atoms with van der Waals surface area (Å²) in [5, 5.41) is 10.6. The van der Waals surface area contributed by atoms with E-state index in [1.807, 2.05) is 0 Å². The highest BCUT2D eigenvalue weighted by Gasteiger charge is 2.46. The average Bonchev–Trinajstić information content (AvgIpc) is 2.78. The van der Waals surface area contributed by atoms with Gasteiger partial charge in [0.2, 0.25) is 5.88 Å². The number of amides is 1. The summed E-state index contributed by atoms with van der Waals surface area (Å²) in [6.07, 6.45) is 0.635. The number of aromatic nitrogens is 1. The van der Waals surface area contributed by atoms with Crippen molar-refractivity contribution in [2.45, 2.75) is 52.0 Å². The van der Waals surface area contributed by atoms with Crippen molar-refractivity contribution in [2.75, 3.05) is 13.2 Å². The SMILES string of the molecule is CC(C)(C)OC(=O)N1[C@@H](COc2ccc([N+](=O)[O-])cn2)COC1(C)C. The summed E-state index contributed by atoms with van der Waals surface area (Å²) in [6, 6.07) is 2.36. The fourth-order valence-corrected chi connectivity index (χ4v) is 2.43. The molecule has 0 aromatic carbocycles. The number of pyridine rings is 1. The van der Waals surface area contributed by atoms with Crippen LogP contribution in [-0.2, 0) is 9.47 Å². The van der Waals surface area contributed by atoms with Crippen LogP contribution in [0.1, 0.15) is 34.6 Å². The minimum absolute atomic E-state index is 0.118. The van der Waals surface area contributed by atoms with E-state index in [1.54, 1.807) is 34.6 Å². The molecule has 0 bridgehead atoms. The fourth-order valence-electron chi connectivity index (χ4n) is 2.43. The van der Waals surface area contributed by atoms with E-state index in [1.165, 1.54) is 17.0 Å². The third-order valence-corrected chi connectivity index (χ3v) is 3.52. The van der Waals surface area contributed by atoms with Crippen LogP contribution in [0.2, 0.25) is 0 Å². The van der Waals surface area contributed by atoms with Crippen LogP contribution in [0.25, 0.3) is 0 Å². The molecule has 1 aromatic rings. The molecule has 2 heterocycles. The van der Waals surface area contributed by atoms with Crippen molar-refractivity contribution in [3.63, 3.8) is 0 Å². The van der Waals surface area contributed by atoms with Crippen LogP contribution in [0.15, 0.2) is 18.3 Å². The first-order valence-corrected chi connectivity index (χ1v) is 7.89. The van der Waals surface area contributed by atoms with E-state index in [-0.39, 0.29) is 24.2 Å². The normalized spacial score (nSPS) is 19.6. The molecule has 1 atom stereocenters. The molecule has 0 saturated carbocycles. The molecule has 1 saturated heterocycles. The molecule has 1 fully saturated rings. The second-order valence-electron chi connectivity index (χ2n) is 7.18. The summed E-state index contributed by atoms with van der Waals surface area (Å²) in [5.41, 5.74) is -1.56. The maximum absolute atomic E-state index is 12.5. The first-order valence-electron chi connectivity index (χ1n) is 7.89. The van der Waals surface area contributed by atoms with E-state index in [2.05, 4.69) is 4.98 Å². The van der Waals surface area contributed by atoms with Gasteiger partial charge in [-0.05, 0) is 34.6 Å². The molecular weight excluding hydrogens is 330 g/mol. The second-order valence-corrected chi connectivity index (χ2v) is 7.18. The molecule has 1 aliphatic rings. The number of rotatable bonds is 4. The van der Waals surface area contributed by atoms with Crippen LogP contribution in [0.3, 0.4) is 0 Å². The monoisotopic (exact) mass is 353 g/mol. The van der Waals surface area contributed by atoms with Crippen LogP contribution in [0, 0.1) is 10.1 Å². The third kappa shape index (κ3) is 4.79. The molecule has 25 heavy (non-hydrogen) atoms. The van der Waals surface area contributed by atoms with Crippen LogP contribution in [0.5, 0.6) is 5.88 Å². The van der Waals surface area contributed by atoms with E-state index in [9.17, 15) is 14.9 Å². The van der Waals surface area contributed by atoms with Crippen molar-refractivity contribution in [3.05, 3.63) is 28.4 Å². The highest BCUT2D eigenvalue weighted by molar-refractivity contribution is 5.69. The smallest absolute Gasteiger partial charge is 0.413 e. The molecule has 2 rings (SSSR count). The number of nitrogens with zero attached hydrogens (tertiary/aromatic N) is 3. The quantitative estimate of drug-likeness (QED) is 0.605. The zero-order chi connectivity index (χ0) is 18.8.